The second-order valence-electron chi connectivity index (χ2n) is 10.7. The van der Waals surface area contributed by atoms with Gasteiger partial charge in [-0.05, 0) is 69.2 Å². The van der Waals surface area contributed by atoms with E-state index in [9.17, 15) is 9.18 Å². The van der Waals surface area contributed by atoms with E-state index in [1.54, 1.807) is 22.8 Å². The minimum atomic E-state index is -0.190. The maximum Gasteiger partial charge on any atom is 0.252 e. The molecule has 2 aliphatic rings. The lowest BCUT2D eigenvalue weighted by Crippen LogP contribution is -2.58. The van der Waals surface area contributed by atoms with Crippen LogP contribution in [0.5, 0.6) is 0 Å². The van der Waals surface area contributed by atoms with Crippen molar-refractivity contribution >= 4 is 16.7 Å². The summed E-state index contributed by atoms with van der Waals surface area (Å²) in [5.74, 6) is -0.190. The molecule has 4 heterocycles. The molecule has 0 spiro atoms. The first-order valence-electron chi connectivity index (χ1n) is 13.8. The summed E-state index contributed by atoms with van der Waals surface area (Å²) in [6.45, 7) is 11.1. The molecule has 3 aromatic rings. The second-order valence-corrected chi connectivity index (χ2v) is 10.7. The third kappa shape index (κ3) is 4.81. The van der Waals surface area contributed by atoms with Gasteiger partial charge in [-0.3, -0.25) is 9.69 Å². The minimum Gasteiger partial charge on any atom is -0.364 e. The van der Waals surface area contributed by atoms with Gasteiger partial charge in [-0.2, -0.15) is 5.10 Å². The Balaban J connectivity index is 1.51. The van der Waals surface area contributed by atoms with Crippen LogP contribution in [-0.2, 0) is 11.8 Å². The van der Waals surface area contributed by atoms with Crippen LogP contribution in [0.4, 0.5) is 10.1 Å². The lowest BCUT2D eigenvalue weighted by molar-refractivity contribution is -0.0390. The monoisotopic (exact) mass is 509 g/mol. The molecule has 0 radical (unpaired) electrons. The zero-order chi connectivity index (χ0) is 26.3. The number of rotatable bonds is 6. The van der Waals surface area contributed by atoms with E-state index in [2.05, 4.69) is 30.6 Å². The first-order valence-corrected chi connectivity index (χ1v) is 13.8. The number of anilines is 1. The van der Waals surface area contributed by atoms with Crippen LogP contribution in [0.25, 0.3) is 11.0 Å². The van der Waals surface area contributed by atoms with Crippen molar-refractivity contribution < 1.29 is 9.13 Å². The smallest absolute Gasteiger partial charge is 0.252 e. The predicted octanol–water partition coefficient (Wildman–Crippen LogP) is 5.32. The number of aryl methyl sites for hydroxylation is 2. The van der Waals surface area contributed by atoms with Crippen LogP contribution in [0.2, 0.25) is 0 Å². The molecule has 0 saturated carbocycles. The molecule has 1 aromatic carbocycles. The standard InChI is InChI=1S/C29H40FN5O2/c1-6-22-17-34(23(7-2)16-33(22)20(4)24-12-11-21(30)14-19(24)3)25-15-27(36)32(5)26-18-35(31-29(25)26)28-10-8-9-13-37-28/h11-12,14-15,18,20,22-23,28H,6-10,13,16-17H2,1-5H3/t20?,22-,23+,28?/m1/s1. The van der Waals surface area contributed by atoms with E-state index in [-0.39, 0.29) is 29.7 Å². The van der Waals surface area contributed by atoms with Crippen molar-refractivity contribution in [2.75, 3.05) is 24.6 Å². The Kier molecular flexibility index (Phi) is 7.41. The van der Waals surface area contributed by atoms with Gasteiger partial charge in [0.15, 0.2) is 0 Å². The Morgan fingerprint density at radius 3 is 2.59 bits per heavy atom. The number of hydrogen-bond donors (Lipinski definition) is 0. The molecule has 0 amide bonds. The zero-order valence-electron chi connectivity index (χ0n) is 22.8. The summed E-state index contributed by atoms with van der Waals surface area (Å²) in [4.78, 5) is 18.1. The number of nitrogens with zero attached hydrogens (tertiary/aromatic N) is 5. The highest BCUT2D eigenvalue weighted by Crippen LogP contribution is 2.36. The van der Waals surface area contributed by atoms with Crippen molar-refractivity contribution in [3.63, 3.8) is 0 Å². The highest BCUT2D eigenvalue weighted by Gasteiger charge is 2.37. The molecule has 0 N–H and O–H groups in total. The van der Waals surface area contributed by atoms with Crippen molar-refractivity contribution in [3.05, 3.63) is 57.8 Å². The van der Waals surface area contributed by atoms with Gasteiger partial charge in [-0.1, -0.05) is 19.9 Å². The summed E-state index contributed by atoms with van der Waals surface area (Å²) in [7, 11) is 1.82. The van der Waals surface area contributed by atoms with Crippen LogP contribution in [0, 0.1) is 12.7 Å². The van der Waals surface area contributed by atoms with Gasteiger partial charge in [0.25, 0.3) is 5.56 Å². The first-order chi connectivity index (χ1) is 17.8. The molecule has 5 rings (SSSR count). The lowest BCUT2D eigenvalue weighted by Gasteiger charge is -2.49. The van der Waals surface area contributed by atoms with Crippen LogP contribution < -0.4 is 10.5 Å². The Labute approximate surface area is 218 Å². The largest absolute Gasteiger partial charge is 0.364 e. The van der Waals surface area contributed by atoms with E-state index in [4.69, 9.17) is 9.84 Å². The maximum absolute atomic E-state index is 13.8. The number of pyridine rings is 1. The summed E-state index contributed by atoms with van der Waals surface area (Å²) >= 11 is 0. The molecule has 2 aliphatic heterocycles. The summed E-state index contributed by atoms with van der Waals surface area (Å²) in [6.07, 6.45) is 6.97. The summed E-state index contributed by atoms with van der Waals surface area (Å²) in [5.41, 5.74) is 4.76. The number of fused-ring (bicyclic) bond motifs is 1. The fraction of sp³-hybridized carbons (Fsp3) is 0.586. The SMILES string of the molecule is CC[C@H]1CN(C(C)c2ccc(F)cc2C)[C@H](CC)CN1c1cc(=O)n(C)c2cn(C3CCCCO3)nc12. The number of hydrogen-bond acceptors (Lipinski definition) is 5. The van der Waals surface area contributed by atoms with Crippen LogP contribution in [0.3, 0.4) is 0 Å². The fourth-order valence-corrected chi connectivity index (χ4v) is 6.25. The fourth-order valence-electron chi connectivity index (χ4n) is 6.25. The highest BCUT2D eigenvalue weighted by atomic mass is 19.1. The number of ether oxygens (including phenoxy) is 1. The highest BCUT2D eigenvalue weighted by molar-refractivity contribution is 5.88. The number of halogens is 1. The van der Waals surface area contributed by atoms with Gasteiger partial charge in [0.05, 0.1) is 17.4 Å². The average molecular weight is 510 g/mol. The molecule has 4 atom stereocenters. The van der Waals surface area contributed by atoms with E-state index < -0.39 is 0 Å². The Morgan fingerprint density at radius 1 is 1.14 bits per heavy atom. The van der Waals surface area contributed by atoms with E-state index in [1.807, 2.05) is 30.9 Å². The van der Waals surface area contributed by atoms with Crippen LogP contribution in [0.15, 0.2) is 35.3 Å². The van der Waals surface area contributed by atoms with E-state index in [1.165, 1.54) is 5.56 Å². The molecule has 7 nitrogen and oxygen atoms in total. The number of piperazine rings is 1. The van der Waals surface area contributed by atoms with Crippen molar-refractivity contribution in [1.29, 1.82) is 0 Å². The van der Waals surface area contributed by atoms with Crippen molar-refractivity contribution in [3.8, 4) is 0 Å². The maximum atomic E-state index is 13.8. The molecule has 0 aliphatic carbocycles. The van der Waals surface area contributed by atoms with Gasteiger partial charge in [-0.25, -0.2) is 9.07 Å². The van der Waals surface area contributed by atoms with Crippen molar-refractivity contribution in [1.82, 2.24) is 19.2 Å². The van der Waals surface area contributed by atoms with Crippen molar-refractivity contribution in [2.45, 2.75) is 84.2 Å². The molecule has 0 bridgehead atoms. The van der Waals surface area contributed by atoms with Crippen LogP contribution >= 0.6 is 0 Å². The molecule has 8 heteroatoms. The summed E-state index contributed by atoms with van der Waals surface area (Å²) in [5, 5.41) is 5.00. The van der Waals surface area contributed by atoms with Gasteiger partial charge in [0, 0.05) is 50.9 Å². The molecule has 200 valence electrons. The topological polar surface area (TPSA) is 55.5 Å². The molecule has 2 saturated heterocycles. The second kappa shape index (κ2) is 10.6. The molecule has 37 heavy (non-hydrogen) atoms. The molecular formula is C29H40FN5O2. The summed E-state index contributed by atoms with van der Waals surface area (Å²) in [6, 6.07) is 7.59. The average Bonchev–Trinajstić information content (AvgIpc) is 3.36. The predicted molar refractivity (Wildman–Crippen MR) is 146 cm³/mol. The third-order valence-electron chi connectivity index (χ3n) is 8.53. The molecular weight excluding hydrogens is 469 g/mol. The molecule has 2 aromatic heterocycles. The van der Waals surface area contributed by atoms with Gasteiger partial charge in [-0.15, -0.1) is 0 Å². The lowest BCUT2D eigenvalue weighted by atomic mass is 9.94. The molecule has 2 unspecified atom stereocenters. The third-order valence-corrected chi connectivity index (χ3v) is 8.53. The zero-order valence-corrected chi connectivity index (χ0v) is 22.8. The van der Waals surface area contributed by atoms with E-state index >= 15 is 0 Å². The van der Waals surface area contributed by atoms with E-state index in [0.29, 0.717) is 6.04 Å². The summed E-state index contributed by atoms with van der Waals surface area (Å²) < 4.78 is 23.4. The Hall–Kier alpha value is -2.71. The van der Waals surface area contributed by atoms with Gasteiger partial charge in [0.1, 0.15) is 17.6 Å². The quantitative estimate of drug-likeness (QED) is 0.450. The van der Waals surface area contributed by atoms with Gasteiger partial charge in [0.2, 0.25) is 0 Å². The van der Waals surface area contributed by atoms with E-state index in [0.717, 1.165) is 74.1 Å². The number of aromatic nitrogens is 3. The Bertz CT molecular complexity index is 1310. The normalized spacial score (nSPS) is 24.1. The van der Waals surface area contributed by atoms with Gasteiger partial charge < -0.3 is 14.2 Å². The van der Waals surface area contributed by atoms with Crippen LogP contribution in [0.1, 0.15) is 76.3 Å². The van der Waals surface area contributed by atoms with Crippen LogP contribution in [-0.4, -0.2) is 51.0 Å². The first kappa shape index (κ1) is 25.9. The Morgan fingerprint density at radius 2 is 1.92 bits per heavy atom. The van der Waals surface area contributed by atoms with Gasteiger partial charge >= 0.3 is 0 Å². The van der Waals surface area contributed by atoms with Crippen molar-refractivity contribution in [2.24, 2.45) is 7.05 Å². The minimum absolute atomic E-state index is 0.0211. The number of benzene rings is 1. The molecule has 2 fully saturated rings.